The Kier molecular flexibility index (Phi) is 12.0. The lowest BCUT2D eigenvalue weighted by molar-refractivity contribution is -0.125. The Balaban J connectivity index is 0.00000462. The van der Waals surface area contributed by atoms with Crippen molar-refractivity contribution in [2.75, 3.05) is 29.4 Å². The van der Waals surface area contributed by atoms with E-state index in [1.54, 1.807) is 6.20 Å². The molecule has 4 rings (SSSR count). The zero-order valence-corrected chi connectivity index (χ0v) is 25.4. The number of nitrogens with zero attached hydrogens (tertiary/aromatic N) is 3. The number of aliphatic hydroxyl groups is 2. The summed E-state index contributed by atoms with van der Waals surface area (Å²) in [5.41, 5.74) is 3.83. The number of amides is 2. The molecule has 9 nitrogen and oxygen atoms in total. The predicted molar refractivity (Wildman–Crippen MR) is 164 cm³/mol. The number of anilines is 2. The first-order valence-corrected chi connectivity index (χ1v) is 14.7. The van der Waals surface area contributed by atoms with Gasteiger partial charge in [0.25, 0.3) is 0 Å². The molecule has 2 aromatic rings. The Morgan fingerprint density at radius 1 is 1.20 bits per heavy atom. The van der Waals surface area contributed by atoms with Crippen molar-refractivity contribution in [3.63, 3.8) is 0 Å². The Morgan fingerprint density at radius 3 is 2.56 bits per heavy atom. The van der Waals surface area contributed by atoms with Crippen LogP contribution in [0.25, 0.3) is 0 Å². The summed E-state index contributed by atoms with van der Waals surface area (Å²) in [4.78, 5) is 35.7. The van der Waals surface area contributed by atoms with Crippen LogP contribution in [0.3, 0.4) is 0 Å². The summed E-state index contributed by atoms with van der Waals surface area (Å²) in [6.45, 7) is 10.7. The molecule has 0 bridgehead atoms. The highest BCUT2D eigenvalue weighted by Crippen LogP contribution is 2.41. The van der Waals surface area contributed by atoms with Gasteiger partial charge < -0.3 is 30.6 Å². The largest absolute Gasteiger partial charge is 0.392 e. The molecule has 41 heavy (non-hydrogen) atoms. The van der Waals surface area contributed by atoms with Crippen molar-refractivity contribution in [2.45, 2.75) is 84.2 Å². The summed E-state index contributed by atoms with van der Waals surface area (Å²) >= 11 is 0. The third kappa shape index (κ3) is 7.97. The van der Waals surface area contributed by atoms with Crippen LogP contribution in [0.15, 0.2) is 42.6 Å². The molecule has 0 radical (unpaired) electrons. The number of benzene rings is 1. The van der Waals surface area contributed by atoms with Gasteiger partial charge in [-0.25, -0.2) is 0 Å². The molecular formula is C31H46ClN5O4. The number of β-amino-alcohol motifs (C(OH)–C–C–N with tert-alkyl or cyclic N) is 1. The molecule has 1 saturated heterocycles. The number of rotatable bonds is 12. The molecule has 2 amide bonds. The van der Waals surface area contributed by atoms with Crippen LogP contribution in [-0.2, 0) is 22.6 Å². The maximum absolute atomic E-state index is 14.1. The van der Waals surface area contributed by atoms with Crippen molar-refractivity contribution in [2.24, 2.45) is 11.8 Å². The van der Waals surface area contributed by atoms with Gasteiger partial charge in [-0.1, -0.05) is 32.0 Å². The van der Waals surface area contributed by atoms with Gasteiger partial charge in [-0.3, -0.25) is 14.6 Å². The molecule has 2 unspecified atom stereocenters. The maximum atomic E-state index is 14.1. The summed E-state index contributed by atoms with van der Waals surface area (Å²) in [7, 11) is 0. The smallest absolute Gasteiger partial charge is 0.237 e. The highest BCUT2D eigenvalue weighted by atomic mass is 35.5. The van der Waals surface area contributed by atoms with Crippen molar-refractivity contribution in [3.05, 3.63) is 53.9 Å². The SMILES string of the molecule is CCN(CC)c1cccc2c1N(Cc1ccccn1)C(=O)C(CC(O)[C@@H](CC(C)C)NC(=O)[C@H]1C[C@@H](O)CN1)C2.Cl. The minimum Gasteiger partial charge on any atom is -0.392 e. The minimum atomic E-state index is -0.893. The number of hydrogen-bond acceptors (Lipinski definition) is 7. The fourth-order valence-electron chi connectivity index (χ4n) is 6.03. The first-order valence-electron chi connectivity index (χ1n) is 14.7. The van der Waals surface area contributed by atoms with Gasteiger partial charge >= 0.3 is 0 Å². The summed E-state index contributed by atoms with van der Waals surface area (Å²) in [5.74, 6) is -0.451. The highest BCUT2D eigenvalue weighted by Gasteiger charge is 2.38. The zero-order valence-electron chi connectivity index (χ0n) is 24.6. The van der Waals surface area contributed by atoms with E-state index in [2.05, 4.69) is 60.3 Å². The van der Waals surface area contributed by atoms with Gasteiger partial charge in [0.15, 0.2) is 0 Å². The fraction of sp³-hybridized carbons (Fsp3) is 0.581. The van der Waals surface area contributed by atoms with Crippen molar-refractivity contribution < 1.29 is 19.8 Å². The van der Waals surface area contributed by atoms with E-state index in [0.29, 0.717) is 32.4 Å². The van der Waals surface area contributed by atoms with Crippen LogP contribution in [0.2, 0.25) is 0 Å². The molecule has 2 aliphatic heterocycles. The van der Waals surface area contributed by atoms with E-state index >= 15 is 0 Å². The molecule has 3 heterocycles. The number of aromatic nitrogens is 1. The lowest BCUT2D eigenvalue weighted by Crippen LogP contribution is -2.51. The molecule has 1 fully saturated rings. The molecule has 2 aliphatic rings. The van der Waals surface area contributed by atoms with Gasteiger partial charge in [0, 0.05) is 31.7 Å². The van der Waals surface area contributed by atoms with Crippen LogP contribution >= 0.6 is 12.4 Å². The van der Waals surface area contributed by atoms with E-state index in [-0.39, 0.29) is 36.6 Å². The van der Waals surface area contributed by atoms with Gasteiger partial charge in [0.1, 0.15) is 0 Å². The molecule has 1 aromatic carbocycles. The van der Waals surface area contributed by atoms with Gasteiger partial charge in [-0.15, -0.1) is 12.4 Å². The maximum Gasteiger partial charge on any atom is 0.237 e. The van der Waals surface area contributed by atoms with Gasteiger partial charge in [0.2, 0.25) is 11.8 Å². The number of aliphatic hydroxyl groups excluding tert-OH is 2. The van der Waals surface area contributed by atoms with Crippen LogP contribution in [0, 0.1) is 11.8 Å². The monoisotopic (exact) mass is 587 g/mol. The predicted octanol–water partition coefficient (Wildman–Crippen LogP) is 3.06. The topological polar surface area (TPSA) is 118 Å². The first kappa shape index (κ1) is 32.8. The Bertz CT molecular complexity index is 1150. The normalized spacial score (nSPS) is 21.7. The number of pyridine rings is 1. The third-order valence-electron chi connectivity index (χ3n) is 8.07. The summed E-state index contributed by atoms with van der Waals surface area (Å²) < 4.78 is 0. The zero-order chi connectivity index (χ0) is 28.8. The second-order valence-electron chi connectivity index (χ2n) is 11.5. The van der Waals surface area contributed by atoms with Crippen molar-refractivity contribution in [3.8, 4) is 0 Å². The van der Waals surface area contributed by atoms with Gasteiger partial charge in [-0.2, -0.15) is 0 Å². The van der Waals surface area contributed by atoms with E-state index in [9.17, 15) is 19.8 Å². The van der Waals surface area contributed by atoms with Crippen LogP contribution < -0.4 is 20.4 Å². The number of carbonyl (C=O) groups is 2. The Labute approximate surface area is 250 Å². The lowest BCUT2D eigenvalue weighted by atomic mass is 9.84. The van der Waals surface area contributed by atoms with Crippen LogP contribution in [0.4, 0.5) is 11.4 Å². The third-order valence-corrected chi connectivity index (χ3v) is 8.07. The number of carbonyl (C=O) groups excluding carboxylic acids is 2. The van der Waals surface area contributed by atoms with E-state index < -0.39 is 30.2 Å². The van der Waals surface area contributed by atoms with E-state index in [1.807, 2.05) is 29.2 Å². The molecule has 0 spiro atoms. The number of fused-ring (bicyclic) bond motifs is 1. The fourth-order valence-corrected chi connectivity index (χ4v) is 6.03. The number of halogens is 1. The number of hydrogen-bond donors (Lipinski definition) is 4. The van der Waals surface area contributed by atoms with Crippen molar-refractivity contribution in [1.29, 1.82) is 0 Å². The van der Waals surface area contributed by atoms with E-state index in [0.717, 1.165) is 35.7 Å². The second kappa shape index (κ2) is 15.0. The molecule has 5 atom stereocenters. The summed E-state index contributed by atoms with van der Waals surface area (Å²) in [6, 6.07) is 10.9. The number of para-hydroxylation sites is 1. The number of nitrogens with one attached hydrogen (secondary N) is 2. The van der Waals surface area contributed by atoms with Crippen molar-refractivity contribution >= 4 is 35.6 Å². The first-order chi connectivity index (χ1) is 19.2. The van der Waals surface area contributed by atoms with Crippen LogP contribution in [0.5, 0.6) is 0 Å². The standard InChI is InChI=1S/C31H45N5O4.ClH/c1-5-35(6-2)27-12-9-10-21-15-22(31(40)36(29(21)27)19-23-11-7-8-13-32-23)16-28(38)25(14-20(3)4)34-30(39)26-17-24(37)18-33-26;/h7-13,20,22,24-26,28,33,37-38H,5-6,14-19H2,1-4H3,(H,34,39);1H/t22?,24-,25-,26-,28?;/m1./s1. The van der Waals surface area contributed by atoms with Gasteiger partial charge in [0.05, 0.1) is 47.9 Å². The lowest BCUT2D eigenvalue weighted by Gasteiger charge is -2.39. The van der Waals surface area contributed by atoms with Crippen molar-refractivity contribution in [1.82, 2.24) is 15.6 Å². The Hall–Kier alpha value is -2.72. The summed E-state index contributed by atoms with van der Waals surface area (Å²) in [5, 5.41) is 27.3. The molecule has 4 N–H and O–H groups in total. The average molecular weight is 588 g/mol. The second-order valence-corrected chi connectivity index (χ2v) is 11.5. The van der Waals surface area contributed by atoms with E-state index in [1.165, 1.54) is 0 Å². The van der Waals surface area contributed by atoms with Crippen LogP contribution in [-0.4, -0.2) is 70.9 Å². The minimum absolute atomic E-state index is 0. The molecule has 0 saturated carbocycles. The molecular weight excluding hydrogens is 542 g/mol. The summed E-state index contributed by atoms with van der Waals surface area (Å²) in [6.07, 6.45) is 2.00. The highest BCUT2D eigenvalue weighted by molar-refractivity contribution is 6.01. The molecule has 0 aliphatic carbocycles. The Morgan fingerprint density at radius 2 is 1.95 bits per heavy atom. The average Bonchev–Trinajstić information content (AvgIpc) is 3.38. The molecule has 10 heteroatoms. The van der Waals surface area contributed by atoms with Crippen LogP contribution in [0.1, 0.15) is 58.2 Å². The van der Waals surface area contributed by atoms with Gasteiger partial charge in [-0.05, 0) is 69.2 Å². The molecule has 226 valence electrons. The quantitative estimate of drug-likeness (QED) is 0.301. The molecule has 1 aromatic heterocycles. The van der Waals surface area contributed by atoms with E-state index in [4.69, 9.17) is 0 Å².